The van der Waals surface area contributed by atoms with Gasteiger partial charge in [-0.3, -0.25) is 14.5 Å². The first kappa shape index (κ1) is 20.1. The van der Waals surface area contributed by atoms with Crippen molar-refractivity contribution in [3.63, 3.8) is 0 Å². The fraction of sp³-hybridized carbons (Fsp3) is 0.409. The second-order valence-electron chi connectivity index (χ2n) is 7.82. The molecule has 0 saturated carbocycles. The molecule has 7 nitrogen and oxygen atoms in total. The van der Waals surface area contributed by atoms with Gasteiger partial charge in [-0.05, 0) is 43.0 Å². The normalized spacial score (nSPS) is 18.7. The van der Waals surface area contributed by atoms with Crippen molar-refractivity contribution in [2.75, 3.05) is 19.6 Å². The minimum atomic E-state index is -0.902. The second kappa shape index (κ2) is 7.59. The van der Waals surface area contributed by atoms with Crippen molar-refractivity contribution in [1.29, 1.82) is 0 Å². The molecule has 2 aliphatic heterocycles. The smallest absolute Gasteiger partial charge is 0.325 e. The zero-order chi connectivity index (χ0) is 21.5. The lowest BCUT2D eigenvalue weighted by atomic mass is 9.93. The maximum atomic E-state index is 13.4. The fourth-order valence-electron chi connectivity index (χ4n) is 4.29. The Morgan fingerprint density at radius 1 is 1.23 bits per heavy atom. The van der Waals surface area contributed by atoms with Gasteiger partial charge in [0.1, 0.15) is 17.9 Å². The third kappa shape index (κ3) is 3.26. The van der Waals surface area contributed by atoms with Crippen molar-refractivity contribution < 1.29 is 18.8 Å². The highest BCUT2D eigenvalue weighted by atomic mass is 19.1. The number of aromatic amines is 1. The van der Waals surface area contributed by atoms with Crippen molar-refractivity contribution in [3.8, 4) is 0 Å². The molecule has 3 heterocycles. The number of rotatable bonds is 5. The molecule has 2 aliphatic rings. The number of nitrogens with zero attached hydrogens (tertiary/aromatic N) is 2. The van der Waals surface area contributed by atoms with E-state index in [1.54, 1.807) is 11.0 Å². The Morgan fingerprint density at radius 2 is 2.00 bits per heavy atom. The fourth-order valence-corrected chi connectivity index (χ4v) is 4.29. The molecular weight excluding hydrogens is 387 g/mol. The minimum Gasteiger partial charge on any atom is -0.360 e. The van der Waals surface area contributed by atoms with Crippen LogP contribution >= 0.6 is 0 Å². The summed E-state index contributed by atoms with van der Waals surface area (Å²) in [7, 11) is 0. The number of benzene rings is 1. The molecule has 0 aliphatic carbocycles. The summed E-state index contributed by atoms with van der Waals surface area (Å²) in [5.74, 6) is -0.871. The van der Waals surface area contributed by atoms with Crippen LogP contribution in [0.1, 0.15) is 38.7 Å². The Bertz CT molecular complexity index is 1050. The number of fused-ring (bicyclic) bond motifs is 1. The molecule has 2 aromatic rings. The van der Waals surface area contributed by atoms with Gasteiger partial charge >= 0.3 is 6.03 Å². The van der Waals surface area contributed by atoms with Crippen LogP contribution in [0.4, 0.5) is 9.18 Å². The molecule has 1 saturated heterocycles. The van der Waals surface area contributed by atoms with Gasteiger partial charge in [0.05, 0.1) is 0 Å². The number of hydrogen-bond donors (Lipinski definition) is 2. The van der Waals surface area contributed by atoms with E-state index in [9.17, 15) is 18.8 Å². The molecule has 2 N–H and O–H groups in total. The van der Waals surface area contributed by atoms with Crippen LogP contribution < -0.4 is 5.32 Å². The Balaban J connectivity index is 1.45. The molecule has 0 bridgehead atoms. The Morgan fingerprint density at radius 3 is 2.63 bits per heavy atom. The maximum absolute atomic E-state index is 13.4. The molecule has 0 atom stereocenters. The summed E-state index contributed by atoms with van der Waals surface area (Å²) >= 11 is 0. The average molecular weight is 412 g/mol. The average Bonchev–Trinajstić information content (AvgIpc) is 3.27. The van der Waals surface area contributed by atoms with Gasteiger partial charge in [0, 0.05) is 35.8 Å². The Labute approximate surface area is 173 Å². The topological polar surface area (TPSA) is 85.5 Å². The molecule has 1 aromatic carbocycles. The van der Waals surface area contributed by atoms with E-state index in [0.717, 1.165) is 26.9 Å². The Kier molecular flexibility index (Phi) is 5.09. The molecular formula is C22H25FN4O3. The highest BCUT2D eigenvalue weighted by molar-refractivity contribution is 6.09. The molecule has 30 heavy (non-hydrogen) atoms. The number of hydrogen-bond acceptors (Lipinski definition) is 3. The molecule has 0 spiro atoms. The summed E-state index contributed by atoms with van der Waals surface area (Å²) in [6.07, 6.45) is 5.45. The number of carbonyl (C=O) groups is 3. The minimum absolute atomic E-state index is 0.248. The van der Waals surface area contributed by atoms with Gasteiger partial charge in [-0.1, -0.05) is 19.9 Å². The summed E-state index contributed by atoms with van der Waals surface area (Å²) in [6.45, 7) is 4.35. The zero-order valence-electron chi connectivity index (χ0n) is 17.1. The van der Waals surface area contributed by atoms with E-state index in [0.29, 0.717) is 32.4 Å². The van der Waals surface area contributed by atoms with Gasteiger partial charge in [0.2, 0.25) is 5.91 Å². The molecule has 0 unspecified atom stereocenters. The van der Waals surface area contributed by atoms with Crippen molar-refractivity contribution >= 4 is 34.3 Å². The lowest BCUT2D eigenvalue weighted by Crippen LogP contribution is -2.47. The zero-order valence-corrected chi connectivity index (χ0v) is 17.1. The molecule has 4 amide bonds. The number of halogens is 1. The number of carbonyl (C=O) groups excluding carboxylic acids is 3. The Hall–Kier alpha value is -3.16. The molecule has 4 rings (SSSR count). The maximum Gasteiger partial charge on any atom is 0.325 e. The van der Waals surface area contributed by atoms with E-state index < -0.39 is 11.6 Å². The highest BCUT2D eigenvalue weighted by Crippen LogP contribution is 2.30. The standard InChI is InChI=1S/C22H25FN4O3/c1-3-22(4-2)20(29)27(21(30)25-22)13-19(28)26-9-7-14(8-10-26)17-12-24-18-11-15(23)5-6-16(17)18/h5-7,11-12,24H,3-4,8-10,13H2,1-2H3,(H,25,30). The van der Waals surface area contributed by atoms with Gasteiger partial charge in [-0.25, -0.2) is 9.18 Å². The third-order valence-corrected chi connectivity index (χ3v) is 6.30. The van der Waals surface area contributed by atoms with Crippen molar-refractivity contribution in [3.05, 3.63) is 41.9 Å². The molecule has 0 radical (unpaired) electrons. The largest absolute Gasteiger partial charge is 0.360 e. The van der Waals surface area contributed by atoms with E-state index in [4.69, 9.17) is 0 Å². The van der Waals surface area contributed by atoms with Crippen LogP contribution in [0.25, 0.3) is 16.5 Å². The van der Waals surface area contributed by atoms with E-state index in [1.165, 1.54) is 12.1 Å². The van der Waals surface area contributed by atoms with E-state index in [2.05, 4.69) is 10.3 Å². The number of imide groups is 1. The van der Waals surface area contributed by atoms with Crippen LogP contribution in [0, 0.1) is 5.82 Å². The predicted octanol–water partition coefficient (Wildman–Crippen LogP) is 3.03. The number of urea groups is 1. The number of H-pyrrole nitrogens is 1. The van der Waals surface area contributed by atoms with Gasteiger partial charge < -0.3 is 15.2 Å². The summed E-state index contributed by atoms with van der Waals surface area (Å²) in [5.41, 5.74) is 1.92. The number of nitrogens with one attached hydrogen (secondary N) is 2. The van der Waals surface area contributed by atoms with Crippen LogP contribution in [0.2, 0.25) is 0 Å². The van der Waals surface area contributed by atoms with Gasteiger partial charge in [-0.2, -0.15) is 0 Å². The molecule has 1 aromatic heterocycles. The third-order valence-electron chi connectivity index (χ3n) is 6.30. The highest BCUT2D eigenvalue weighted by Gasteiger charge is 2.49. The predicted molar refractivity (Wildman–Crippen MR) is 111 cm³/mol. The quantitative estimate of drug-likeness (QED) is 0.741. The van der Waals surface area contributed by atoms with Crippen LogP contribution in [0.5, 0.6) is 0 Å². The number of aromatic nitrogens is 1. The van der Waals surface area contributed by atoms with E-state index in [1.807, 2.05) is 26.1 Å². The van der Waals surface area contributed by atoms with Crippen molar-refractivity contribution in [1.82, 2.24) is 20.1 Å². The van der Waals surface area contributed by atoms with Gasteiger partial charge in [0.25, 0.3) is 5.91 Å². The van der Waals surface area contributed by atoms with E-state index in [-0.39, 0.29) is 24.2 Å². The monoisotopic (exact) mass is 412 g/mol. The van der Waals surface area contributed by atoms with Crippen LogP contribution in [0.15, 0.2) is 30.5 Å². The lowest BCUT2D eigenvalue weighted by Gasteiger charge is -2.28. The summed E-state index contributed by atoms with van der Waals surface area (Å²) in [5, 5.41) is 3.69. The molecule has 8 heteroatoms. The van der Waals surface area contributed by atoms with Crippen LogP contribution in [-0.4, -0.2) is 57.8 Å². The van der Waals surface area contributed by atoms with Crippen LogP contribution in [0.3, 0.4) is 0 Å². The first-order chi connectivity index (χ1) is 14.4. The van der Waals surface area contributed by atoms with Gasteiger partial charge in [-0.15, -0.1) is 0 Å². The number of amides is 4. The van der Waals surface area contributed by atoms with Crippen molar-refractivity contribution in [2.24, 2.45) is 0 Å². The van der Waals surface area contributed by atoms with Crippen molar-refractivity contribution in [2.45, 2.75) is 38.6 Å². The lowest BCUT2D eigenvalue weighted by molar-refractivity contribution is -0.138. The summed E-state index contributed by atoms with van der Waals surface area (Å²) in [4.78, 5) is 43.5. The molecule has 1 fully saturated rings. The van der Waals surface area contributed by atoms with Gasteiger partial charge in [0.15, 0.2) is 0 Å². The van der Waals surface area contributed by atoms with E-state index >= 15 is 0 Å². The van der Waals surface area contributed by atoms with Crippen LogP contribution in [-0.2, 0) is 9.59 Å². The first-order valence-corrected chi connectivity index (χ1v) is 10.3. The summed E-state index contributed by atoms with van der Waals surface area (Å²) in [6, 6.07) is 4.14. The first-order valence-electron chi connectivity index (χ1n) is 10.3. The summed E-state index contributed by atoms with van der Waals surface area (Å²) < 4.78 is 13.4. The second-order valence-corrected chi connectivity index (χ2v) is 7.82. The molecule has 158 valence electrons. The SMILES string of the molecule is CCC1(CC)NC(=O)N(CC(=O)N2CC=C(c3c[nH]c4cc(F)ccc34)CC2)C1=O.